The fraction of sp³-hybridized carbons (Fsp3) is 0.364. The van der Waals surface area contributed by atoms with E-state index in [-0.39, 0.29) is 11.9 Å². The summed E-state index contributed by atoms with van der Waals surface area (Å²) in [5, 5.41) is 4.71. The van der Waals surface area contributed by atoms with Crippen LogP contribution in [0.2, 0.25) is 0 Å². The molecule has 0 bridgehead atoms. The fourth-order valence-corrected chi connectivity index (χ4v) is 5.49. The second-order valence-corrected chi connectivity index (χ2v) is 8.49. The SMILES string of the molecule is CC(=O)C(N1CCC(c2nsc3ccccc23)CC1)N1CNc2ccccc21. The average molecular weight is 393 g/mol. The first-order chi connectivity index (χ1) is 13.7. The minimum absolute atomic E-state index is 0.204. The van der Waals surface area contributed by atoms with Crippen molar-refractivity contribution >= 4 is 38.8 Å². The Morgan fingerprint density at radius 3 is 2.71 bits per heavy atom. The highest BCUT2D eigenvalue weighted by atomic mass is 32.1. The number of carbonyl (C=O) groups is 1. The fourth-order valence-electron chi connectivity index (χ4n) is 4.64. The largest absolute Gasteiger partial charge is 0.366 e. The lowest BCUT2D eigenvalue weighted by molar-refractivity contribution is -0.122. The van der Waals surface area contributed by atoms with E-state index in [2.05, 4.69) is 51.5 Å². The quantitative estimate of drug-likeness (QED) is 0.718. The van der Waals surface area contributed by atoms with Gasteiger partial charge in [-0.1, -0.05) is 30.3 Å². The Bertz CT molecular complexity index is 1010. The Labute approximate surface area is 169 Å². The van der Waals surface area contributed by atoms with Gasteiger partial charge in [-0.3, -0.25) is 9.69 Å². The van der Waals surface area contributed by atoms with Crippen LogP contribution in [0, 0.1) is 0 Å². The molecule has 0 radical (unpaired) electrons. The van der Waals surface area contributed by atoms with E-state index in [0.29, 0.717) is 12.6 Å². The highest BCUT2D eigenvalue weighted by Crippen LogP contribution is 2.37. The van der Waals surface area contributed by atoms with Crippen LogP contribution in [0.25, 0.3) is 10.1 Å². The first-order valence-electron chi connectivity index (χ1n) is 9.91. The van der Waals surface area contributed by atoms with Crippen LogP contribution in [0.15, 0.2) is 48.5 Å². The topological polar surface area (TPSA) is 48.5 Å². The molecule has 1 aromatic heterocycles. The van der Waals surface area contributed by atoms with Crippen LogP contribution >= 0.6 is 11.5 Å². The van der Waals surface area contributed by atoms with Gasteiger partial charge < -0.3 is 10.2 Å². The van der Waals surface area contributed by atoms with Crippen molar-refractivity contribution in [2.45, 2.75) is 31.8 Å². The zero-order valence-corrected chi connectivity index (χ0v) is 16.8. The van der Waals surface area contributed by atoms with E-state index in [4.69, 9.17) is 4.37 Å². The van der Waals surface area contributed by atoms with Crippen molar-refractivity contribution in [3.8, 4) is 0 Å². The Balaban J connectivity index is 1.34. The van der Waals surface area contributed by atoms with Gasteiger partial charge in [-0.15, -0.1) is 0 Å². The van der Waals surface area contributed by atoms with E-state index in [1.807, 2.05) is 12.1 Å². The van der Waals surface area contributed by atoms with Crippen LogP contribution in [0.1, 0.15) is 31.4 Å². The molecule has 28 heavy (non-hydrogen) atoms. The van der Waals surface area contributed by atoms with Crippen LogP contribution in [-0.4, -0.2) is 41.0 Å². The summed E-state index contributed by atoms with van der Waals surface area (Å²) in [6, 6.07) is 16.7. The molecule has 3 heterocycles. The van der Waals surface area contributed by atoms with Crippen LogP contribution in [0.4, 0.5) is 11.4 Å². The number of aromatic nitrogens is 1. The number of hydrogen-bond donors (Lipinski definition) is 1. The molecule has 2 aliphatic rings. The molecule has 0 amide bonds. The van der Waals surface area contributed by atoms with Gasteiger partial charge >= 0.3 is 0 Å². The highest BCUT2D eigenvalue weighted by molar-refractivity contribution is 7.13. The molecule has 6 heteroatoms. The van der Waals surface area contributed by atoms with Gasteiger partial charge in [0.2, 0.25) is 0 Å². The zero-order valence-electron chi connectivity index (χ0n) is 16.0. The molecule has 5 rings (SSSR count). The molecule has 1 N–H and O–H groups in total. The predicted molar refractivity (Wildman–Crippen MR) is 115 cm³/mol. The third-order valence-corrected chi connectivity index (χ3v) is 6.82. The maximum Gasteiger partial charge on any atom is 0.167 e. The second-order valence-electron chi connectivity index (χ2n) is 7.68. The zero-order chi connectivity index (χ0) is 19.1. The van der Waals surface area contributed by atoms with Gasteiger partial charge in [0.15, 0.2) is 5.78 Å². The van der Waals surface area contributed by atoms with Crippen LogP contribution in [-0.2, 0) is 4.79 Å². The number of rotatable bonds is 4. The van der Waals surface area contributed by atoms with Gasteiger partial charge in [-0.25, -0.2) is 0 Å². The van der Waals surface area contributed by atoms with E-state index in [9.17, 15) is 4.79 Å². The number of nitrogens with one attached hydrogen (secondary N) is 1. The first kappa shape index (κ1) is 17.6. The maximum atomic E-state index is 12.6. The molecule has 1 unspecified atom stereocenters. The molecule has 1 atom stereocenters. The Morgan fingerprint density at radius 2 is 1.89 bits per heavy atom. The van der Waals surface area contributed by atoms with E-state index < -0.39 is 0 Å². The van der Waals surface area contributed by atoms with E-state index >= 15 is 0 Å². The first-order valence-corrected chi connectivity index (χ1v) is 10.7. The summed E-state index contributed by atoms with van der Waals surface area (Å²) in [6.07, 6.45) is 1.88. The van der Waals surface area contributed by atoms with Crippen molar-refractivity contribution in [3.63, 3.8) is 0 Å². The third kappa shape index (κ3) is 2.97. The van der Waals surface area contributed by atoms with E-state index in [1.54, 1.807) is 18.5 Å². The number of hydrogen-bond acceptors (Lipinski definition) is 6. The minimum atomic E-state index is -0.204. The number of Topliss-reactive ketones (excluding diaryl/α,β-unsaturated/α-hetero) is 1. The Morgan fingerprint density at radius 1 is 1.14 bits per heavy atom. The molecule has 0 spiro atoms. The number of ketones is 1. The molecule has 5 nitrogen and oxygen atoms in total. The van der Waals surface area contributed by atoms with Crippen molar-refractivity contribution in [3.05, 3.63) is 54.2 Å². The summed E-state index contributed by atoms with van der Waals surface area (Å²) in [7, 11) is 0. The molecule has 1 saturated heterocycles. The molecule has 0 saturated carbocycles. The molecule has 2 aromatic carbocycles. The smallest absolute Gasteiger partial charge is 0.167 e. The van der Waals surface area contributed by atoms with Crippen LogP contribution in [0.3, 0.4) is 0 Å². The normalized spacial score (nSPS) is 18.8. The summed E-state index contributed by atoms with van der Waals surface area (Å²) in [5.74, 6) is 0.681. The summed E-state index contributed by atoms with van der Waals surface area (Å²) >= 11 is 1.60. The molecule has 0 aliphatic carbocycles. The number of para-hydroxylation sites is 2. The lowest BCUT2D eigenvalue weighted by Crippen LogP contribution is -2.54. The summed E-state index contributed by atoms with van der Waals surface area (Å²) < 4.78 is 6.03. The van der Waals surface area contributed by atoms with Gasteiger partial charge in [0.25, 0.3) is 0 Å². The van der Waals surface area contributed by atoms with Crippen LogP contribution < -0.4 is 10.2 Å². The number of nitrogens with zero attached hydrogens (tertiary/aromatic N) is 3. The van der Waals surface area contributed by atoms with E-state index in [0.717, 1.165) is 37.3 Å². The third-order valence-electron chi connectivity index (χ3n) is 5.98. The van der Waals surface area contributed by atoms with Gasteiger partial charge in [0.1, 0.15) is 6.17 Å². The lowest BCUT2D eigenvalue weighted by atomic mass is 9.91. The monoisotopic (exact) mass is 392 g/mol. The number of anilines is 2. The molecule has 3 aromatic rings. The van der Waals surface area contributed by atoms with Crippen LogP contribution in [0.5, 0.6) is 0 Å². The van der Waals surface area contributed by atoms with Crippen molar-refractivity contribution in [1.29, 1.82) is 0 Å². The highest BCUT2D eigenvalue weighted by Gasteiger charge is 2.36. The number of likely N-dealkylation sites (tertiary alicyclic amines) is 1. The van der Waals surface area contributed by atoms with Gasteiger partial charge in [-0.05, 0) is 49.5 Å². The second kappa shape index (κ2) is 7.18. The summed E-state index contributed by atoms with van der Waals surface area (Å²) in [6.45, 7) is 4.23. The number of piperidine rings is 1. The van der Waals surface area contributed by atoms with Crippen molar-refractivity contribution in [2.75, 3.05) is 30.0 Å². The van der Waals surface area contributed by atoms with Crippen molar-refractivity contribution in [1.82, 2.24) is 9.27 Å². The average Bonchev–Trinajstić information content (AvgIpc) is 3.33. The van der Waals surface area contributed by atoms with Crippen molar-refractivity contribution < 1.29 is 4.79 Å². The van der Waals surface area contributed by atoms with Gasteiger partial charge in [0, 0.05) is 24.4 Å². The summed E-state index contributed by atoms with van der Waals surface area (Å²) in [4.78, 5) is 17.2. The number of carbonyl (C=O) groups excluding carboxylic acids is 1. The summed E-state index contributed by atoms with van der Waals surface area (Å²) in [5.41, 5.74) is 3.47. The molecular weight excluding hydrogens is 368 g/mol. The minimum Gasteiger partial charge on any atom is -0.366 e. The number of benzene rings is 2. The van der Waals surface area contributed by atoms with Crippen molar-refractivity contribution in [2.24, 2.45) is 0 Å². The maximum absolute atomic E-state index is 12.6. The number of fused-ring (bicyclic) bond motifs is 2. The predicted octanol–water partition coefficient (Wildman–Crippen LogP) is 4.28. The Kier molecular flexibility index (Phi) is 4.53. The molecule has 144 valence electrons. The molecule has 1 fully saturated rings. The van der Waals surface area contributed by atoms with Gasteiger partial charge in [0.05, 0.1) is 28.4 Å². The van der Waals surface area contributed by atoms with Gasteiger partial charge in [-0.2, -0.15) is 4.37 Å². The van der Waals surface area contributed by atoms with E-state index in [1.165, 1.54) is 15.8 Å². The lowest BCUT2D eigenvalue weighted by Gasteiger charge is -2.40. The molecular formula is C22H24N4OS. The molecule has 2 aliphatic heterocycles. The standard InChI is InChI=1S/C22H24N4OS/c1-15(27)22(26-14-23-18-7-3-4-8-19(18)26)25-12-10-16(11-13-25)21-17-6-2-5-9-20(17)28-24-21/h2-9,16,22-23H,10-14H2,1H3. The Hall–Kier alpha value is -2.44.